The number of hydrogen-bond donors (Lipinski definition) is 1. The Morgan fingerprint density at radius 2 is 2.24 bits per heavy atom. The monoisotopic (exact) mass is 286 g/mol. The van der Waals surface area contributed by atoms with Gasteiger partial charge in [0.15, 0.2) is 5.76 Å². The van der Waals surface area contributed by atoms with Crippen LogP contribution in [0.25, 0.3) is 22.6 Å². The molecule has 0 saturated carbocycles. The predicted molar refractivity (Wildman–Crippen MR) is 74.6 cm³/mol. The van der Waals surface area contributed by atoms with Gasteiger partial charge in [-0.1, -0.05) is 18.6 Å². The molecule has 2 aromatic heterocycles. The molecular formula is C14H14N4O3. The Kier molecular flexibility index (Phi) is 3.17. The van der Waals surface area contributed by atoms with Crippen LogP contribution in [0.2, 0.25) is 0 Å². The first-order chi connectivity index (χ1) is 10.0. The molecule has 0 amide bonds. The van der Waals surface area contributed by atoms with Gasteiger partial charge in [0.1, 0.15) is 5.58 Å². The van der Waals surface area contributed by atoms with Crippen LogP contribution in [0.5, 0.6) is 0 Å². The smallest absolute Gasteiger partial charge is 0.308 e. The number of carboxylic acid groups (broad SMARTS) is 1. The second kappa shape index (κ2) is 5.01. The Morgan fingerprint density at radius 3 is 3.00 bits per heavy atom. The molecule has 0 saturated heterocycles. The Bertz CT molecular complexity index is 806. The molecule has 21 heavy (non-hydrogen) atoms. The first-order valence-electron chi connectivity index (χ1n) is 6.54. The summed E-state index contributed by atoms with van der Waals surface area (Å²) < 4.78 is 7.19. The van der Waals surface area contributed by atoms with Crippen molar-refractivity contribution < 1.29 is 14.3 Å². The number of aromatic nitrogens is 4. The van der Waals surface area contributed by atoms with Crippen LogP contribution >= 0.6 is 0 Å². The van der Waals surface area contributed by atoms with E-state index >= 15 is 0 Å². The third-order valence-electron chi connectivity index (χ3n) is 3.29. The molecule has 108 valence electrons. The molecule has 1 atom stereocenters. The zero-order chi connectivity index (χ0) is 15.0. The van der Waals surface area contributed by atoms with E-state index in [0.717, 1.165) is 16.5 Å². The van der Waals surface area contributed by atoms with Gasteiger partial charge in [-0.25, -0.2) is 4.68 Å². The lowest BCUT2D eigenvalue weighted by atomic mass is 10.2. The molecule has 0 aliphatic heterocycles. The second-order valence-corrected chi connectivity index (χ2v) is 5.08. The molecule has 0 bridgehead atoms. The van der Waals surface area contributed by atoms with E-state index in [1.165, 1.54) is 4.68 Å². The number of rotatable bonds is 4. The van der Waals surface area contributed by atoms with Gasteiger partial charge in [0.25, 0.3) is 0 Å². The van der Waals surface area contributed by atoms with Crippen LogP contribution < -0.4 is 0 Å². The number of fused-ring (bicyclic) bond motifs is 1. The maximum absolute atomic E-state index is 10.9. The Morgan fingerprint density at radius 1 is 1.43 bits per heavy atom. The van der Waals surface area contributed by atoms with Gasteiger partial charge in [0, 0.05) is 5.39 Å². The van der Waals surface area contributed by atoms with E-state index < -0.39 is 11.9 Å². The number of furan rings is 1. The third-order valence-corrected chi connectivity index (χ3v) is 3.29. The zero-order valence-corrected chi connectivity index (χ0v) is 11.6. The molecule has 3 aromatic rings. The number of aryl methyl sites for hydroxylation is 1. The second-order valence-electron chi connectivity index (χ2n) is 5.08. The van der Waals surface area contributed by atoms with Crippen LogP contribution in [-0.2, 0) is 11.3 Å². The van der Waals surface area contributed by atoms with Gasteiger partial charge in [-0.2, -0.15) is 0 Å². The first kappa shape index (κ1) is 13.3. The van der Waals surface area contributed by atoms with Crippen molar-refractivity contribution in [2.24, 2.45) is 5.92 Å². The van der Waals surface area contributed by atoms with Crippen molar-refractivity contribution in [2.45, 2.75) is 20.4 Å². The van der Waals surface area contributed by atoms with Crippen LogP contribution in [-0.4, -0.2) is 31.3 Å². The maximum Gasteiger partial charge on any atom is 0.308 e. The van der Waals surface area contributed by atoms with Crippen molar-refractivity contribution in [1.29, 1.82) is 0 Å². The molecule has 1 aromatic carbocycles. The van der Waals surface area contributed by atoms with E-state index in [2.05, 4.69) is 15.5 Å². The topological polar surface area (TPSA) is 94.0 Å². The summed E-state index contributed by atoms with van der Waals surface area (Å²) in [6, 6.07) is 7.72. The molecule has 0 spiro atoms. The standard InChI is InChI=1S/C14H14N4O3/c1-8-3-4-11-10(5-8)6-12(21-11)13-15-16-17-18(13)7-9(2)14(19)20/h3-6,9H,7H2,1-2H3,(H,19,20). The van der Waals surface area contributed by atoms with Crippen molar-refractivity contribution in [3.05, 3.63) is 29.8 Å². The normalized spacial score (nSPS) is 12.7. The summed E-state index contributed by atoms with van der Waals surface area (Å²) in [5, 5.41) is 21.3. The van der Waals surface area contributed by atoms with E-state index in [-0.39, 0.29) is 6.54 Å². The average molecular weight is 286 g/mol. The molecule has 0 aliphatic carbocycles. The summed E-state index contributed by atoms with van der Waals surface area (Å²) in [5.74, 6) is -0.523. The average Bonchev–Trinajstić information content (AvgIpc) is 3.03. The van der Waals surface area contributed by atoms with Crippen LogP contribution in [0.3, 0.4) is 0 Å². The number of hydrogen-bond acceptors (Lipinski definition) is 5. The fourth-order valence-electron chi connectivity index (χ4n) is 2.11. The van der Waals surface area contributed by atoms with Gasteiger partial charge in [0.05, 0.1) is 12.5 Å². The van der Waals surface area contributed by atoms with Gasteiger partial charge < -0.3 is 9.52 Å². The summed E-state index contributed by atoms with van der Waals surface area (Å²) >= 11 is 0. The molecule has 3 rings (SSSR count). The maximum atomic E-state index is 10.9. The highest BCUT2D eigenvalue weighted by Gasteiger charge is 2.19. The zero-order valence-electron chi connectivity index (χ0n) is 11.6. The number of carbonyl (C=O) groups is 1. The molecule has 1 N–H and O–H groups in total. The number of tetrazole rings is 1. The minimum atomic E-state index is -0.892. The highest BCUT2D eigenvalue weighted by Crippen LogP contribution is 2.27. The SMILES string of the molecule is Cc1ccc2oc(-c3nnnn3CC(C)C(=O)O)cc2c1. The summed E-state index contributed by atoms with van der Waals surface area (Å²) in [6.45, 7) is 3.80. The fraction of sp³-hybridized carbons (Fsp3) is 0.286. The number of aliphatic carboxylic acids is 1. The third kappa shape index (κ3) is 2.49. The van der Waals surface area contributed by atoms with E-state index in [9.17, 15) is 4.79 Å². The summed E-state index contributed by atoms with van der Waals surface area (Å²) in [5.41, 5.74) is 1.88. The van der Waals surface area contributed by atoms with Crippen LogP contribution in [0.15, 0.2) is 28.7 Å². The number of nitrogens with zero attached hydrogens (tertiary/aromatic N) is 4. The van der Waals surface area contributed by atoms with Crippen LogP contribution in [0, 0.1) is 12.8 Å². The van der Waals surface area contributed by atoms with Gasteiger partial charge in [-0.15, -0.1) is 5.10 Å². The van der Waals surface area contributed by atoms with Crippen LogP contribution in [0.1, 0.15) is 12.5 Å². The lowest BCUT2D eigenvalue weighted by Gasteiger charge is -2.06. The minimum absolute atomic E-state index is 0.188. The Labute approximate surface area is 120 Å². The fourth-order valence-corrected chi connectivity index (χ4v) is 2.11. The molecule has 7 heteroatoms. The van der Waals surface area contributed by atoms with Crippen molar-refractivity contribution in [3.63, 3.8) is 0 Å². The molecule has 0 radical (unpaired) electrons. The summed E-state index contributed by atoms with van der Waals surface area (Å²) in [4.78, 5) is 10.9. The number of carboxylic acids is 1. The van der Waals surface area contributed by atoms with Gasteiger partial charge in [-0.3, -0.25) is 4.79 Å². The number of benzene rings is 1. The highest BCUT2D eigenvalue weighted by molar-refractivity contribution is 5.82. The van der Waals surface area contributed by atoms with Gasteiger partial charge in [0.2, 0.25) is 5.82 Å². The van der Waals surface area contributed by atoms with E-state index in [1.807, 2.05) is 31.2 Å². The van der Waals surface area contributed by atoms with Crippen molar-refractivity contribution >= 4 is 16.9 Å². The molecule has 7 nitrogen and oxygen atoms in total. The highest BCUT2D eigenvalue weighted by atomic mass is 16.4. The molecular weight excluding hydrogens is 272 g/mol. The van der Waals surface area contributed by atoms with E-state index in [4.69, 9.17) is 9.52 Å². The Hall–Kier alpha value is -2.70. The lowest BCUT2D eigenvalue weighted by molar-refractivity contribution is -0.141. The van der Waals surface area contributed by atoms with E-state index in [1.54, 1.807) is 6.92 Å². The Balaban J connectivity index is 1.99. The minimum Gasteiger partial charge on any atom is -0.481 e. The van der Waals surface area contributed by atoms with Gasteiger partial charge >= 0.3 is 5.97 Å². The first-order valence-corrected chi connectivity index (χ1v) is 6.54. The molecule has 0 fully saturated rings. The summed E-state index contributed by atoms with van der Waals surface area (Å²) in [7, 11) is 0. The van der Waals surface area contributed by atoms with E-state index in [0.29, 0.717) is 11.6 Å². The molecule has 2 heterocycles. The quantitative estimate of drug-likeness (QED) is 0.789. The molecule has 0 aliphatic rings. The van der Waals surface area contributed by atoms with Gasteiger partial charge in [-0.05, 0) is 35.5 Å². The molecule has 1 unspecified atom stereocenters. The van der Waals surface area contributed by atoms with Crippen molar-refractivity contribution in [2.75, 3.05) is 0 Å². The van der Waals surface area contributed by atoms with Crippen molar-refractivity contribution in [1.82, 2.24) is 20.2 Å². The largest absolute Gasteiger partial charge is 0.481 e. The van der Waals surface area contributed by atoms with Crippen molar-refractivity contribution in [3.8, 4) is 11.6 Å². The predicted octanol–water partition coefficient (Wildman–Crippen LogP) is 2.12. The van der Waals surface area contributed by atoms with Crippen LogP contribution in [0.4, 0.5) is 0 Å². The summed E-state index contributed by atoms with van der Waals surface area (Å²) in [6.07, 6.45) is 0. The lowest BCUT2D eigenvalue weighted by Crippen LogP contribution is -2.18.